The average molecular weight is 906 g/mol. The minimum atomic E-state index is -0.182. The van der Waals surface area contributed by atoms with Gasteiger partial charge in [0.1, 0.15) is 5.58 Å². The number of para-hydroxylation sites is 2. The molecule has 7 aromatic carbocycles. The number of rotatable bonds is 5. The first kappa shape index (κ1) is 45.0. The number of hydrogen-bond acceptors (Lipinski definition) is 4. The highest BCUT2D eigenvalue weighted by Gasteiger charge is 2.48. The van der Waals surface area contributed by atoms with Gasteiger partial charge in [-0.15, -0.1) is 0 Å². The van der Waals surface area contributed by atoms with Crippen LogP contribution in [-0.2, 0) is 27.1 Å². The first-order valence-electron chi connectivity index (χ1n) is 25.3. The molecule has 0 saturated carbocycles. The molecule has 3 heterocycles. The summed E-state index contributed by atoms with van der Waals surface area (Å²) in [7, 11) is 0. The Balaban J connectivity index is 1.30. The van der Waals surface area contributed by atoms with Gasteiger partial charge in [0.25, 0.3) is 6.71 Å². The van der Waals surface area contributed by atoms with Crippen molar-refractivity contribution in [3.8, 4) is 0 Å². The van der Waals surface area contributed by atoms with E-state index in [0.29, 0.717) is 0 Å². The van der Waals surface area contributed by atoms with E-state index in [1.54, 1.807) is 0 Å². The lowest BCUT2D eigenvalue weighted by Crippen LogP contribution is -2.61. The summed E-state index contributed by atoms with van der Waals surface area (Å²) in [6.45, 7) is 30.4. The highest BCUT2D eigenvalue weighted by molar-refractivity contribution is 7.00. The normalized spacial score (nSPS) is 15.9. The minimum Gasteiger partial charge on any atom is -0.468 e. The van der Waals surface area contributed by atoms with E-state index in [1.807, 2.05) is 0 Å². The predicted octanol–water partition coefficient (Wildman–Crippen LogP) is 16.2. The first-order valence-corrected chi connectivity index (χ1v) is 25.3. The molecule has 0 bridgehead atoms. The fraction of sp³-hybridized carbons (Fsp3) is 0.312. The van der Waals surface area contributed by atoms with Crippen LogP contribution in [-0.4, -0.2) is 6.71 Å². The summed E-state index contributed by atoms with van der Waals surface area (Å²) in [6, 6.07) is 57.5. The van der Waals surface area contributed by atoms with Gasteiger partial charge in [0.15, 0.2) is 0 Å². The van der Waals surface area contributed by atoms with Gasteiger partial charge < -0.3 is 19.1 Å². The summed E-state index contributed by atoms with van der Waals surface area (Å²) >= 11 is 0. The molecule has 8 aromatic rings. The van der Waals surface area contributed by atoms with E-state index in [0.717, 1.165) is 75.0 Å². The molecule has 0 atom stereocenters. The van der Waals surface area contributed by atoms with E-state index in [-0.39, 0.29) is 33.8 Å². The maximum atomic E-state index is 7.47. The van der Waals surface area contributed by atoms with Gasteiger partial charge in [-0.2, -0.15) is 0 Å². The van der Waals surface area contributed by atoms with Crippen LogP contribution in [0.2, 0.25) is 0 Å². The van der Waals surface area contributed by atoms with E-state index < -0.39 is 0 Å². The zero-order valence-corrected chi connectivity index (χ0v) is 43.2. The molecule has 1 aliphatic carbocycles. The molecule has 0 saturated heterocycles. The molecule has 3 aliphatic rings. The van der Waals surface area contributed by atoms with Crippen molar-refractivity contribution in [1.82, 2.24) is 0 Å². The predicted molar refractivity (Wildman–Crippen MR) is 296 cm³/mol. The molecule has 0 fully saturated rings. The Morgan fingerprint density at radius 2 is 1.00 bits per heavy atom. The van der Waals surface area contributed by atoms with E-state index in [2.05, 4.69) is 256 Å². The van der Waals surface area contributed by atoms with Crippen molar-refractivity contribution >= 4 is 85.5 Å². The largest absolute Gasteiger partial charge is 0.468 e. The van der Waals surface area contributed by atoms with Gasteiger partial charge in [-0.3, -0.25) is 0 Å². The van der Waals surface area contributed by atoms with E-state index in [9.17, 15) is 0 Å². The van der Waals surface area contributed by atoms with Gasteiger partial charge in [-0.25, -0.2) is 0 Å². The van der Waals surface area contributed by atoms with Crippen LogP contribution in [0.5, 0.6) is 0 Å². The fourth-order valence-corrected chi connectivity index (χ4v) is 11.5. The highest BCUT2D eigenvalue weighted by atomic mass is 16.3. The Morgan fingerprint density at radius 3 is 1.59 bits per heavy atom. The van der Waals surface area contributed by atoms with Crippen LogP contribution < -0.4 is 31.3 Å². The molecule has 69 heavy (non-hydrogen) atoms. The number of benzene rings is 7. The Bertz CT molecular complexity index is 3250. The van der Waals surface area contributed by atoms with Gasteiger partial charge in [-0.1, -0.05) is 163 Å². The van der Waals surface area contributed by atoms with Gasteiger partial charge in [0.2, 0.25) is 0 Å². The zero-order chi connectivity index (χ0) is 48.6. The Morgan fingerprint density at radius 1 is 0.478 bits per heavy atom. The molecular formula is C64H68BN3O. The zero-order valence-electron chi connectivity index (χ0n) is 43.2. The van der Waals surface area contributed by atoms with Gasteiger partial charge in [-0.05, 0) is 158 Å². The summed E-state index contributed by atoms with van der Waals surface area (Å²) in [5.74, 6) is 0. The summed E-state index contributed by atoms with van der Waals surface area (Å²) in [5.41, 5.74) is 21.4. The Hall–Kier alpha value is -6.46. The van der Waals surface area contributed by atoms with E-state index in [4.69, 9.17) is 4.42 Å². The maximum absolute atomic E-state index is 7.47. The van der Waals surface area contributed by atoms with E-state index in [1.165, 1.54) is 44.4 Å². The van der Waals surface area contributed by atoms with Crippen molar-refractivity contribution in [3.05, 3.63) is 179 Å². The number of nitrogens with zero attached hydrogens (tertiary/aromatic N) is 3. The second-order valence-corrected chi connectivity index (χ2v) is 24.6. The van der Waals surface area contributed by atoms with Crippen molar-refractivity contribution in [2.24, 2.45) is 0 Å². The molecule has 0 radical (unpaired) electrons. The van der Waals surface area contributed by atoms with E-state index >= 15 is 0 Å². The summed E-state index contributed by atoms with van der Waals surface area (Å²) in [6.07, 6.45) is 2.30. The monoisotopic (exact) mass is 906 g/mol. The third-order valence-electron chi connectivity index (χ3n) is 15.7. The topological polar surface area (TPSA) is 22.9 Å². The van der Waals surface area contributed by atoms with Gasteiger partial charge in [0.05, 0.1) is 17.0 Å². The quantitative estimate of drug-likeness (QED) is 0.161. The van der Waals surface area contributed by atoms with Crippen molar-refractivity contribution in [1.29, 1.82) is 0 Å². The van der Waals surface area contributed by atoms with Crippen molar-refractivity contribution < 1.29 is 4.42 Å². The first-order chi connectivity index (χ1) is 32.6. The molecule has 348 valence electrons. The molecule has 2 aliphatic heterocycles. The minimum absolute atomic E-state index is 0.0108. The number of fused-ring (bicyclic) bond motifs is 7. The van der Waals surface area contributed by atoms with Crippen LogP contribution in [0.15, 0.2) is 156 Å². The Labute approximate surface area is 412 Å². The SMILES string of the molecule is CC(C)(C)c1ccc(N2c3ccc(C(C)(C)C)cc3B3c4oc5ccc(C(C)(C)C)cc5c4N(c4ccc5c(c4)C(C)(C)CCC5(C)C)c4cc(N(c5ccccc5)c5ccccc5)cc2c43)cc1. The van der Waals surface area contributed by atoms with Crippen LogP contribution in [0.25, 0.3) is 11.0 Å². The lowest BCUT2D eigenvalue weighted by molar-refractivity contribution is 0.332. The lowest BCUT2D eigenvalue weighted by atomic mass is 9.35. The third-order valence-corrected chi connectivity index (χ3v) is 15.7. The number of furan rings is 1. The average Bonchev–Trinajstić information content (AvgIpc) is 3.69. The molecule has 0 amide bonds. The molecule has 4 nitrogen and oxygen atoms in total. The molecule has 11 rings (SSSR count). The second kappa shape index (κ2) is 15.5. The Kier molecular flexibility index (Phi) is 10.1. The molecule has 1 aromatic heterocycles. The molecule has 0 spiro atoms. The van der Waals surface area contributed by atoms with Crippen LogP contribution in [0, 0.1) is 0 Å². The van der Waals surface area contributed by atoms with Gasteiger partial charge >= 0.3 is 0 Å². The third kappa shape index (κ3) is 7.42. The second-order valence-electron chi connectivity index (χ2n) is 24.6. The van der Waals surface area contributed by atoms with Crippen LogP contribution in [0.4, 0.5) is 51.2 Å². The number of hydrogen-bond donors (Lipinski definition) is 0. The number of anilines is 9. The van der Waals surface area contributed by atoms with Gasteiger partial charge in [0, 0.05) is 45.2 Å². The molecular weight excluding hydrogens is 838 g/mol. The maximum Gasteiger partial charge on any atom is 0.297 e. The lowest BCUT2D eigenvalue weighted by Gasteiger charge is -2.45. The van der Waals surface area contributed by atoms with Crippen LogP contribution in [0.1, 0.15) is 131 Å². The smallest absolute Gasteiger partial charge is 0.297 e. The van der Waals surface area contributed by atoms with Crippen molar-refractivity contribution in [2.45, 2.75) is 130 Å². The molecule has 0 unspecified atom stereocenters. The summed E-state index contributed by atoms with van der Waals surface area (Å²) < 4.78 is 7.47. The fourth-order valence-electron chi connectivity index (χ4n) is 11.5. The van der Waals surface area contributed by atoms with Crippen molar-refractivity contribution in [2.75, 3.05) is 14.7 Å². The van der Waals surface area contributed by atoms with Crippen LogP contribution >= 0.6 is 0 Å². The van der Waals surface area contributed by atoms with Crippen molar-refractivity contribution in [3.63, 3.8) is 0 Å². The standard InChI is InChI=1S/C64H68BN3O/c1-60(2,3)41-24-28-46(29-25-41)67-53-32-26-43(62(7,8)9)37-52(53)65-57-54(67)39-48(66(44-20-16-14-17-21-44)45-22-18-15-19-23-45)40-55(57)68(47-30-31-50-51(38-47)64(12,13)35-34-63(50,10)11)58-49-36-42(61(4,5)6)27-33-56(49)69-59(58)65/h14-33,36-40H,34-35H2,1-13H3. The summed E-state index contributed by atoms with van der Waals surface area (Å²) in [4.78, 5) is 7.57. The highest BCUT2D eigenvalue weighted by Crippen LogP contribution is 2.53. The summed E-state index contributed by atoms with van der Waals surface area (Å²) in [5, 5.41) is 1.14. The molecule has 5 heteroatoms. The molecule has 0 N–H and O–H groups in total. The van der Waals surface area contributed by atoms with Crippen LogP contribution in [0.3, 0.4) is 0 Å².